The Kier molecular flexibility index (Phi) is 7.27. The third-order valence-electron chi connectivity index (χ3n) is 12.1. The van der Waals surface area contributed by atoms with E-state index in [-0.39, 0.29) is 49.1 Å². The number of amides is 1. The lowest BCUT2D eigenvalue weighted by molar-refractivity contribution is -0.238. The van der Waals surface area contributed by atoms with Gasteiger partial charge in [0.15, 0.2) is 11.6 Å². The van der Waals surface area contributed by atoms with Gasteiger partial charge in [-0.2, -0.15) is 0 Å². The van der Waals surface area contributed by atoms with E-state index in [9.17, 15) is 19.2 Å². The summed E-state index contributed by atoms with van der Waals surface area (Å²) in [6.45, 7) is 8.11. The molecule has 2 saturated heterocycles. The first kappa shape index (κ1) is 31.3. The number of hydrogen-bond acceptors (Lipinski definition) is 8. The number of benzene rings is 1. The van der Waals surface area contributed by atoms with Crippen LogP contribution in [0.25, 0.3) is 11.3 Å². The number of hydrogen-bond donors (Lipinski definition) is 1. The topological polar surface area (TPSA) is 121 Å². The third kappa shape index (κ3) is 4.24. The van der Waals surface area contributed by atoms with Crippen molar-refractivity contribution in [1.29, 1.82) is 0 Å². The van der Waals surface area contributed by atoms with Crippen LogP contribution in [0.1, 0.15) is 62.4 Å². The lowest BCUT2D eigenvalue weighted by atomic mass is 9.40. The molecule has 7 rings (SSSR count). The molecule has 3 aliphatic carbocycles. The molecule has 2 aromatic rings. The van der Waals surface area contributed by atoms with Gasteiger partial charge in [-0.25, -0.2) is 0 Å². The lowest BCUT2D eigenvalue weighted by Crippen LogP contribution is -2.71. The highest BCUT2D eigenvalue weighted by molar-refractivity contribution is 6.01. The van der Waals surface area contributed by atoms with Crippen LogP contribution in [0.5, 0.6) is 0 Å². The first-order valence-corrected chi connectivity index (χ1v) is 16.1. The standard InChI is InChI=1S/C38H39NO8/c1-7-15-39-35(43)22-10-8-21(9-11-22)31-23(13-16-45-31)24-17-25-30(20(24)2)38(5)26(18-29(42)44-6)37(4)27(40)12-14-36(3)28(41)19-46-32(33(36)37)34(38)47-25/h1,8-14,16,24-26,32-34H,15,17-19H2,2-6H3,(H,39,43)/t24-,25-,26-,32-,33+,34-,36+,37+,38-/m1/s1. The predicted molar refractivity (Wildman–Crippen MR) is 171 cm³/mol. The third-order valence-corrected chi connectivity index (χ3v) is 12.1. The van der Waals surface area contributed by atoms with Crippen LogP contribution in [0.15, 0.2) is 64.3 Å². The molecule has 9 heteroatoms. The summed E-state index contributed by atoms with van der Waals surface area (Å²) < 4.78 is 24.6. The Bertz CT molecular complexity index is 1790. The molecule has 1 N–H and O–H groups in total. The van der Waals surface area contributed by atoms with Gasteiger partial charge in [-0.1, -0.05) is 43.5 Å². The normalized spacial score (nSPS) is 36.8. The van der Waals surface area contributed by atoms with Crippen molar-refractivity contribution in [1.82, 2.24) is 5.32 Å². The van der Waals surface area contributed by atoms with Crippen LogP contribution >= 0.6 is 0 Å². The molecule has 1 aromatic heterocycles. The van der Waals surface area contributed by atoms with Crippen molar-refractivity contribution >= 4 is 23.4 Å². The second-order valence-electron chi connectivity index (χ2n) is 14.2. The summed E-state index contributed by atoms with van der Waals surface area (Å²) in [4.78, 5) is 53.0. The number of terminal acetylenes is 1. The van der Waals surface area contributed by atoms with Gasteiger partial charge < -0.3 is 23.9 Å². The molecule has 5 aliphatic rings. The van der Waals surface area contributed by atoms with Gasteiger partial charge in [-0.3, -0.25) is 19.2 Å². The number of rotatable bonds is 6. The molecule has 244 valence electrons. The molecule has 0 unspecified atom stereocenters. The van der Waals surface area contributed by atoms with E-state index < -0.39 is 46.3 Å². The quantitative estimate of drug-likeness (QED) is 0.272. The van der Waals surface area contributed by atoms with Crippen LogP contribution in [0.3, 0.4) is 0 Å². The summed E-state index contributed by atoms with van der Waals surface area (Å²) in [7, 11) is 1.36. The second kappa shape index (κ2) is 10.9. The van der Waals surface area contributed by atoms with Crippen LogP contribution in [0, 0.1) is 40.4 Å². The molecule has 1 aromatic carbocycles. The minimum absolute atomic E-state index is 0.00280. The highest BCUT2D eigenvalue weighted by Crippen LogP contribution is 2.71. The number of carbonyl (C=O) groups excluding carboxylic acids is 4. The zero-order valence-corrected chi connectivity index (χ0v) is 27.3. The van der Waals surface area contributed by atoms with E-state index in [1.54, 1.807) is 30.5 Å². The van der Waals surface area contributed by atoms with Crippen LogP contribution in [0.4, 0.5) is 0 Å². The Labute approximate surface area is 274 Å². The average Bonchev–Trinajstić information content (AvgIpc) is 3.75. The summed E-state index contributed by atoms with van der Waals surface area (Å²) in [5.74, 6) is 1.21. The van der Waals surface area contributed by atoms with E-state index >= 15 is 0 Å². The highest BCUT2D eigenvalue weighted by atomic mass is 16.6. The molecular formula is C38H39NO8. The van der Waals surface area contributed by atoms with Gasteiger partial charge in [-0.05, 0) is 56.0 Å². The second-order valence-corrected chi connectivity index (χ2v) is 14.2. The lowest BCUT2D eigenvalue weighted by Gasteiger charge is -2.64. The highest BCUT2D eigenvalue weighted by Gasteiger charge is 2.75. The molecule has 1 amide bonds. The number of ether oxygens (including phenoxy) is 3. The number of furan rings is 1. The van der Waals surface area contributed by atoms with E-state index in [4.69, 9.17) is 25.1 Å². The molecular weight excluding hydrogens is 598 g/mol. The molecule has 0 spiro atoms. The van der Waals surface area contributed by atoms with Gasteiger partial charge in [0.05, 0.1) is 50.1 Å². The average molecular weight is 638 g/mol. The number of fused-ring (bicyclic) bond motifs is 4. The van der Waals surface area contributed by atoms with Gasteiger partial charge >= 0.3 is 5.97 Å². The van der Waals surface area contributed by atoms with Crippen LogP contribution in [-0.4, -0.2) is 62.0 Å². The number of nitrogens with one attached hydrogen (secondary N) is 1. The summed E-state index contributed by atoms with van der Waals surface area (Å²) in [5, 5.41) is 2.68. The van der Waals surface area contributed by atoms with E-state index in [1.807, 2.05) is 32.0 Å². The fourth-order valence-electron chi connectivity index (χ4n) is 9.94. The van der Waals surface area contributed by atoms with Crippen LogP contribution < -0.4 is 5.32 Å². The molecule has 9 nitrogen and oxygen atoms in total. The van der Waals surface area contributed by atoms with Crippen molar-refractivity contribution in [3.05, 3.63) is 71.0 Å². The largest absolute Gasteiger partial charge is 0.469 e. The zero-order chi connectivity index (χ0) is 33.5. The monoisotopic (exact) mass is 637 g/mol. The molecule has 47 heavy (non-hydrogen) atoms. The Morgan fingerprint density at radius 3 is 2.55 bits per heavy atom. The van der Waals surface area contributed by atoms with Gasteiger partial charge in [0.2, 0.25) is 0 Å². The maximum atomic E-state index is 14.1. The predicted octanol–water partition coefficient (Wildman–Crippen LogP) is 4.82. The van der Waals surface area contributed by atoms with Gasteiger partial charge in [-0.15, -0.1) is 6.42 Å². The number of ketones is 2. The van der Waals surface area contributed by atoms with Crippen molar-refractivity contribution < 1.29 is 37.8 Å². The summed E-state index contributed by atoms with van der Waals surface area (Å²) in [6.07, 6.45) is 9.62. The molecule has 1 saturated carbocycles. The Morgan fingerprint density at radius 1 is 1.11 bits per heavy atom. The molecule has 0 bridgehead atoms. The number of carbonyl (C=O) groups is 4. The molecule has 3 fully saturated rings. The number of Topliss-reactive ketones (excluding diaryl/α,β-unsaturated/α-hetero) is 1. The first-order chi connectivity index (χ1) is 22.4. The summed E-state index contributed by atoms with van der Waals surface area (Å²) in [5.41, 5.74) is 1.75. The number of allylic oxidation sites excluding steroid dienone is 3. The maximum absolute atomic E-state index is 14.1. The Morgan fingerprint density at radius 2 is 1.85 bits per heavy atom. The molecule has 0 radical (unpaired) electrons. The number of esters is 1. The fraction of sp³-hybridized carbons (Fsp3) is 0.474. The minimum atomic E-state index is -1.08. The van der Waals surface area contributed by atoms with E-state index in [2.05, 4.69) is 25.1 Å². The Hall–Kier alpha value is -4.26. The smallest absolute Gasteiger partial charge is 0.305 e. The van der Waals surface area contributed by atoms with Crippen molar-refractivity contribution in [2.24, 2.45) is 28.1 Å². The van der Waals surface area contributed by atoms with Crippen molar-refractivity contribution in [3.63, 3.8) is 0 Å². The summed E-state index contributed by atoms with van der Waals surface area (Å²) >= 11 is 0. The SMILES string of the molecule is C#CCNC(=O)c1ccc(-c2occc2[C@@H]2C[C@H]3O[C@@H]4[C@@H]5OCC(=O)[C@]6(C)C=CC(=O)[C@](C)([C@@H](CC(=O)OC)[C@]4(C)C3=C2C)[C@@H]56)cc1. The first-order valence-electron chi connectivity index (χ1n) is 16.1. The van der Waals surface area contributed by atoms with Crippen LogP contribution in [-0.2, 0) is 28.6 Å². The molecule has 2 aliphatic heterocycles. The molecule has 9 atom stereocenters. The van der Waals surface area contributed by atoms with Crippen molar-refractivity contribution in [2.45, 2.75) is 64.8 Å². The molecule has 3 heterocycles. The zero-order valence-electron chi connectivity index (χ0n) is 27.3. The minimum Gasteiger partial charge on any atom is -0.469 e. The van der Waals surface area contributed by atoms with Gasteiger partial charge in [0.25, 0.3) is 5.91 Å². The van der Waals surface area contributed by atoms with E-state index in [0.29, 0.717) is 17.7 Å². The van der Waals surface area contributed by atoms with Crippen molar-refractivity contribution in [2.75, 3.05) is 20.3 Å². The van der Waals surface area contributed by atoms with Gasteiger partial charge in [0.1, 0.15) is 12.4 Å². The van der Waals surface area contributed by atoms with Gasteiger partial charge in [0, 0.05) is 39.4 Å². The van der Waals surface area contributed by atoms with E-state index in [1.165, 1.54) is 7.11 Å². The maximum Gasteiger partial charge on any atom is 0.305 e. The van der Waals surface area contributed by atoms with Crippen molar-refractivity contribution in [3.8, 4) is 23.7 Å². The Balaban J connectivity index is 1.31. The fourth-order valence-corrected chi connectivity index (χ4v) is 9.94. The van der Waals surface area contributed by atoms with Crippen LogP contribution in [0.2, 0.25) is 0 Å². The van der Waals surface area contributed by atoms with E-state index in [0.717, 1.165) is 22.3 Å². The number of methoxy groups -OCH3 is 1. The summed E-state index contributed by atoms with van der Waals surface area (Å²) in [6, 6.07) is 9.17.